The van der Waals surface area contributed by atoms with Gasteiger partial charge in [0.05, 0.1) is 13.2 Å². The number of rotatable bonds is 14. The van der Waals surface area contributed by atoms with Crippen molar-refractivity contribution < 1.29 is 39.0 Å². The minimum absolute atomic E-state index is 0.191. The maximum absolute atomic E-state index is 12.2. The summed E-state index contributed by atoms with van der Waals surface area (Å²) in [5.74, 6) is -5.46. The minimum atomic E-state index is -1.39. The van der Waals surface area contributed by atoms with Crippen LogP contribution in [0.4, 0.5) is 0 Å². The number of nitrogens with two attached hydrogens (primary N) is 3. The van der Waals surface area contributed by atoms with Gasteiger partial charge in [-0.25, -0.2) is 4.79 Å². The van der Waals surface area contributed by atoms with Crippen LogP contribution in [0.1, 0.15) is 25.7 Å². The number of hydrogen-bond acceptors (Lipinski definition) is 8. The quantitative estimate of drug-likeness (QED) is 0.134. The van der Waals surface area contributed by atoms with E-state index in [9.17, 15) is 28.8 Å². The highest BCUT2D eigenvalue weighted by atomic mass is 16.4. The highest BCUT2D eigenvalue weighted by molar-refractivity contribution is 5.93. The molecule has 0 bridgehead atoms. The zero-order chi connectivity index (χ0) is 22.6. The van der Waals surface area contributed by atoms with Gasteiger partial charge in [0, 0.05) is 12.8 Å². The molecule has 0 spiro atoms. The highest BCUT2D eigenvalue weighted by Crippen LogP contribution is 1.99. The Morgan fingerprint density at radius 2 is 1.34 bits per heavy atom. The smallest absolute Gasteiger partial charge is 0.326 e. The zero-order valence-electron chi connectivity index (χ0n) is 15.6. The molecule has 0 rings (SSSR count). The third kappa shape index (κ3) is 11.2. The van der Waals surface area contributed by atoms with E-state index < -0.39 is 66.8 Å². The average Bonchev–Trinajstić information content (AvgIpc) is 2.64. The molecule has 0 aliphatic carbocycles. The summed E-state index contributed by atoms with van der Waals surface area (Å²) < 4.78 is 0. The molecule has 0 saturated heterocycles. The highest BCUT2D eigenvalue weighted by Gasteiger charge is 2.25. The molecule has 3 unspecified atom stereocenters. The van der Waals surface area contributed by atoms with Crippen LogP contribution in [0, 0.1) is 0 Å². The number of carbonyl (C=O) groups is 6. The molecule has 0 aliphatic rings. The van der Waals surface area contributed by atoms with Crippen molar-refractivity contribution in [1.82, 2.24) is 16.0 Å². The van der Waals surface area contributed by atoms with Gasteiger partial charge in [0.2, 0.25) is 29.5 Å². The Morgan fingerprint density at radius 3 is 1.79 bits per heavy atom. The Balaban J connectivity index is 4.82. The summed E-state index contributed by atoms with van der Waals surface area (Å²) in [5, 5.41) is 24.4. The average molecular weight is 418 g/mol. The first-order valence-electron chi connectivity index (χ1n) is 8.51. The Morgan fingerprint density at radius 1 is 0.828 bits per heavy atom. The van der Waals surface area contributed by atoms with E-state index in [1.54, 1.807) is 0 Å². The summed E-state index contributed by atoms with van der Waals surface area (Å²) in [6.07, 6.45) is -0.952. The predicted molar refractivity (Wildman–Crippen MR) is 96.4 cm³/mol. The lowest BCUT2D eigenvalue weighted by Gasteiger charge is -2.20. The third-order valence-corrected chi connectivity index (χ3v) is 3.58. The fourth-order valence-corrected chi connectivity index (χ4v) is 2.00. The van der Waals surface area contributed by atoms with Gasteiger partial charge in [0.25, 0.3) is 0 Å². The number of aliphatic hydroxyl groups excluding tert-OH is 1. The second-order valence-electron chi connectivity index (χ2n) is 6.04. The van der Waals surface area contributed by atoms with Gasteiger partial charge in [-0.15, -0.1) is 0 Å². The third-order valence-electron chi connectivity index (χ3n) is 3.58. The van der Waals surface area contributed by atoms with Crippen molar-refractivity contribution in [2.24, 2.45) is 17.2 Å². The first kappa shape index (κ1) is 25.7. The van der Waals surface area contributed by atoms with E-state index >= 15 is 0 Å². The molecule has 11 N–H and O–H groups in total. The van der Waals surface area contributed by atoms with Gasteiger partial charge < -0.3 is 43.4 Å². The first-order chi connectivity index (χ1) is 13.5. The number of nitrogens with one attached hydrogen (secondary N) is 3. The number of carbonyl (C=O) groups excluding carboxylic acids is 5. The minimum Gasteiger partial charge on any atom is -0.480 e. The Labute approximate surface area is 165 Å². The fourth-order valence-electron chi connectivity index (χ4n) is 2.00. The van der Waals surface area contributed by atoms with Gasteiger partial charge in [-0.1, -0.05) is 0 Å². The molecule has 0 heterocycles. The van der Waals surface area contributed by atoms with E-state index in [2.05, 4.69) is 16.0 Å². The Kier molecular flexibility index (Phi) is 11.5. The van der Waals surface area contributed by atoms with Crippen molar-refractivity contribution in [3.63, 3.8) is 0 Å². The number of amides is 5. The van der Waals surface area contributed by atoms with Crippen LogP contribution in [0.5, 0.6) is 0 Å². The van der Waals surface area contributed by atoms with Gasteiger partial charge in [0.1, 0.15) is 18.1 Å². The molecule has 5 amide bonds. The van der Waals surface area contributed by atoms with Crippen LogP contribution in [-0.2, 0) is 28.8 Å². The molecular formula is C15H26N6O8. The maximum atomic E-state index is 12.2. The summed E-state index contributed by atoms with van der Waals surface area (Å²) >= 11 is 0. The molecule has 0 aromatic rings. The number of carboxylic acids is 1. The lowest BCUT2D eigenvalue weighted by atomic mass is 10.1. The van der Waals surface area contributed by atoms with Crippen LogP contribution in [0.15, 0.2) is 0 Å². The maximum Gasteiger partial charge on any atom is 0.326 e. The molecular weight excluding hydrogens is 392 g/mol. The number of aliphatic carboxylic acids is 1. The van der Waals surface area contributed by atoms with Crippen LogP contribution in [-0.4, -0.2) is 77.0 Å². The molecule has 14 heteroatoms. The van der Waals surface area contributed by atoms with E-state index in [0.29, 0.717) is 0 Å². The van der Waals surface area contributed by atoms with E-state index in [-0.39, 0.29) is 25.7 Å². The van der Waals surface area contributed by atoms with Crippen molar-refractivity contribution >= 4 is 35.5 Å². The van der Waals surface area contributed by atoms with Crippen LogP contribution in [0.3, 0.4) is 0 Å². The standard InChI is InChI=1S/C15H26N6O8/c16-7(6-22)13(26)21-8(1-3-10(17)23)14(27)19-5-12(25)20-9(15(28)29)2-4-11(18)24/h7-9,22H,1-6,16H2,(H2,17,23)(H2,18,24)(H,19,27)(H,20,25)(H,21,26)(H,28,29). The van der Waals surface area contributed by atoms with E-state index in [1.165, 1.54) is 0 Å². The van der Waals surface area contributed by atoms with Gasteiger partial charge in [-0.05, 0) is 12.8 Å². The number of primary amides is 2. The summed E-state index contributed by atoms with van der Waals surface area (Å²) in [4.78, 5) is 68.5. The van der Waals surface area contributed by atoms with Crippen molar-refractivity contribution in [3.05, 3.63) is 0 Å². The van der Waals surface area contributed by atoms with Gasteiger partial charge >= 0.3 is 5.97 Å². The first-order valence-corrected chi connectivity index (χ1v) is 8.51. The summed E-state index contributed by atoms with van der Waals surface area (Å²) in [6, 6.07) is -3.96. The molecule has 0 aromatic carbocycles. The van der Waals surface area contributed by atoms with Gasteiger partial charge in [-0.3, -0.25) is 24.0 Å². The number of carboxylic acid groups (broad SMARTS) is 1. The monoisotopic (exact) mass is 418 g/mol. The zero-order valence-corrected chi connectivity index (χ0v) is 15.6. The Hall–Kier alpha value is -3.26. The van der Waals surface area contributed by atoms with Crippen molar-refractivity contribution in [2.75, 3.05) is 13.2 Å². The molecule has 0 radical (unpaired) electrons. The summed E-state index contributed by atoms with van der Waals surface area (Å²) in [6.45, 7) is -1.32. The largest absolute Gasteiger partial charge is 0.480 e. The number of hydrogen-bond donors (Lipinski definition) is 8. The molecule has 164 valence electrons. The normalized spacial score (nSPS) is 13.4. The van der Waals surface area contributed by atoms with Crippen LogP contribution < -0.4 is 33.2 Å². The van der Waals surface area contributed by atoms with Crippen LogP contribution >= 0.6 is 0 Å². The van der Waals surface area contributed by atoms with E-state index in [4.69, 9.17) is 27.4 Å². The van der Waals surface area contributed by atoms with Crippen LogP contribution in [0.25, 0.3) is 0 Å². The molecule has 14 nitrogen and oxygen atoms in total. The van der Waals surface area contributed by atoms with Crippen molar-refractivity contribution in [1.29, 1.82) is 0 Å². The van der Waals surface area contributed by atoms with Gasteiger partial charge in [-0.2, -0.15) is 0 Å². The molecule has 0 fully saturated rings. The molecule has 0 saturated carbocycles. The second kappa shape index (κ2) is 13.0. The summed E-state index contributed by atoms with van der Waals surface area (Å²) in [5.41, 5.74) is 15.3. The SMILES string of the molecule is NC(=O)CCC(NC(=O)CNC(=O)C(CCC(N)=O)NC(=O)C(N)CO)C(=O)O. The second-order valence-corrected chi connectivity index (χ2v) is 6.04. The molecule has 0 aromatic heterocycles. The molecule has 3 atom stereocenters. The van der Waals surface area contributed by atoms with E-state index in [0.717, 1.165) is 0 Å². The topological polar surface area (TPSA) is 257 Å². The Bertz CT molecular complexity index is 640. The van der Waals surface area contributed by atoms with Crippen molar-refractivity contribution in [2.45, 2.75) is 43.8 Å². The number of aliphatic hydroxyl groups is 1. The van der Waals surface area contributed by atoms with Crippen LogP contribution in [0.2, 0.25) is 0 Å². The predicted octanol–water partition coefficient (Wildman–Crippen LogP) is -4.99. The lowest BCUT2D eigenvalue weighted by molar-refractivity contribution is -0.142. The van der Waals surface area contributed by atoms with Crippen molar-refractivity contribution in [3.8, 4) is 0 Å². The van der Waals surface area contributed by atoms with E-state index in [1.807, 2.05) is 0 Å². The van der Waals surface area contributed by atoms with Gasteiger partial charge in [0.15, 0.2) is 0 Å². The lowest BCUT2D eigenvalue weighted by Crippen LogP contribution is -2.54. The molecule has 29 heavy (non-hydrogen) atoms. The fraction of sp³-hybridized carbons (Fsp3) is 0.600. The molecule has 0 aliphatic heterocycles. The summed E-state index contributed by atoms with van der Waals surface area (Å²) in [7, 11) is 0.